The molecular formula is C46H64F2N10O6S2. The molecule has 0 unspecified atom stereocenters. The molecule has 2 aromatic carbocycles. The van der Waals surface area contributed by atoms with E-state index in [1.807, 2.05) is 34.0 Å². The van der Waals surface area contributed by atoms with Crippen molar-refractivity contribution >= 4 is 31.8 Å². The van der Waals surface area contributed by atoms with Crippen LogP contribution in [0.15, 0.2) is 34.3 Å². The number of halogens is 2. The lowest BCUT2D eigenvalue weighted by Crippen LogP contribution is -2.35. The first kappa shape index (κ1) is 50.5. The van der Waals surface area contributed by atoms with Gasteiger partial charge in [-0.2, -0.15) is 18.6 Å². The smallest absolute Gasteiger partial charge is 0.333 e. The number of aryl methyl sites for hydroxylation is 4. The van der Waals surface area contributed by atoms with Crippen molar-refractivity contribution in [1.82, 2.24) is 34.1 Å². The number of nitrogens with two attached hydrogens (primary N) is 1. The van der Waals surface area contributed by atoms with Gasteiger partial charge in [0, 0.05) is 56.1 Å². The van der Waals surface area contributed by atoms with Crippen molar-refractivity contribution in [3.63, 3.8) is 0 Å². The number of hydrogen-bond donors (Lipinski definition) is 3. The minimum Gasteiger partial charge on any atom is -0.387 e. The topological polar surface area (TPSA) is 211 Å². The quantitative estimate of drug-likeness (QED) is 0.111. The van der Waals surface area contributed by atoms with Crippen molar-refractivity contribution in [1.29, 1.82) is 5.26 Å². The lowest BCUT2D eigenvalue weighted by Gasteiger charge is -2.17. The molecule has 0 saturated carbocycles. The fraction of sp³-hybridized carbons (Fsp3) is 0.565. The van der Waals surface area contributed by atoms with Gasteiger partial charge in [-0.15, -0.1) is 5.26 Å². The molecule has 0 bridgehead atoms. The SMILES string of the molecule is CC(C)n1nc(S(=O)(=O)NC(=O)Nc2c3c(cc4c2CCC4)CCC3)cc1CN(C)CCF.CC(C)n1nc(S(N)(=O)=O)cc1CN(C)CCF.N#COc1c2c(cc3c1CCC3)CCC2. The van der Waals surface area contributed by atoms with Crippen molar-refractivity contribution in [2.24, 2.45) is 5.14 Å². The van der Waals surface area contributed by atoms with Crippen LogP contribution in [0.5, 0.6) is 5.75 Å². The van der Waals surface area contributed by atoms with Crippen LogP contribution in [0, 0.1) is 11.5 Å². The second kappa shape index (κ2) is 21.8. The predicted molar refractivity (Wildman–Crippen MR) is 248 cm³/mol. The van der Waals surface area contributed by atoms with Crippen molar-refractivity contribution in [3.8, 4) is 12.0 Å². The summed E-state index contributed by atoms with van der Waals surface area (Å²) in [5, 5.41) is 24.4. The first-order chi connectivity index (χ1) is 31.3. The highest BCUT2D eigenvalue weighted by Gasteiger charge is 2.29. The van der Waals surface area contributed by atoms with Crippen LogP contribution in [0.2, 0.25) is 0 Å². The normalized spacial score (nSPS) is 14.9. The molecule has 4 aliphatic carbocycles. The number of primary sulfonamides is 1. The molecule has 0 spiro atoms. The summed E-state index contributed by atoms with van der Waals surface area (Å²) in [6.45, 7) is 7.89. The number of carbonyl (C=O) groups is 1. The van der Waals surface area contributed by atoms with Gasteiger partial charge in [-0.25, -0.2) is 31.9 Å². The summed E-state index contributed by atoms with van der Waals surface area (Å²) < 4.78 is 83.9. The molecule has 20 heteroatoms. The number of ether oxygens (including phenoxy) is 1. The number of rotatable bonds is 15. The van der Waals surface area contributed by atoms with E-state index in [2.05, 4.69) is 32.4 Å². The third kappa shape index (κ3) is 12.0. The molecule has 0 aliphatic heterocycles. The van der Waals surface area contributed by atoms with Crippen LogP contribution in [-0.2, 0) is 84.5 Å². The lowest BCUT2D eigenvalue weighted by atomic mass is 9.99. The van der Waals surface area contributed by atoms with Crippen LogP contribution in [-0.4, -0.2) is 92.8 Å². The molecule has 2 amide bonds. The van der Waals surface area contributed by atoms with E-state index in [0.29, 0.717) is 24.5 Å². The molecular weight excluding hydrogens is 891 g/mol. The van der Waals surface area contributed by atoms with E-state index in [0.717, 1.165) is 86.8 Å². The van der Waals surface area contributed by atoms with Gasteiger partial charge in [0.05, 0.1) is 11.4 Å². The fourth-order valence-electron chi connectivity index (χ4n) is 9.43. The van der Waals surface area contributed by atoms with E-state index < -0.39 is 39.4 Å². The van der Waals surface area contributed by atoms with Gasteiger partial charge in [0.25, 0.3) is 26.3 Å². The van der Waals surface area contributed by atoms with Gasteiger partial charge < -0.3 is 10.1 Å². The highest BCUT2D eigenvalue weighted by molar-refractivity contribution is 7.90. The maximum absolute atomic E-state index is 13.0. The highest BCUT2D eigenvalue weighted by atomic mass is 32.2. The standard InChI is InChI=1S/C23H32FN5O3S.C13H13NO.C10H19FN4O2S/c1-15(2)29-18(14-28(3)11-10-24)13-21(26-29)33(31,32)27-23(30)25-22-19-8-4-6-16(19)12-17-7-5-9-20(17)22;14-8-15-13-11-5-1-3-9(11)7-10-4-2-6-12(10)13;1-8(2)15-9(7-14(3)5-4-11)6-10(13-15)18(12,16)17/h12-13,15H,4-11,14H2,1-3H3,(H2,25,27,30);7H,1-6H2;6,8H,4-5,7H2,1-3H3,(H2,12,16,17). The van der Waals surface area contributed by atoms with E-state index in [1.54, 1.807) is 33.3 Å². The summed E-state index contributed by atoms with van der Waals surface area (Å²) in [5.74, 6) is 0.903. The summed E-state index contributed by atoms with van der Waals surface area (Å²) >= 11 is 0. The van der Waals surface area contributed by atoms with Gasteiger partial charge in [-0.1, -0.05) is 12.1 Å². The largest absolute Gasteiger partial charge is 0.387 e. The molecule has 0 saturated heterocycles. The number of amides is 2. The summed E-state index contributed by atoms with van der Waals surface area (Å²) in [4.78, 5) is 16.3. The van der Waals surface area contributed by atoms with Crippen LogP contribution in [0.1, 0.15) is 121 Å². The van der Waals surface area contributed by atoms with Crippen LogP contribution >= 0.6 is 0 Å². The average Bonchev–Trinajstić information content (AvgIpc) is 4.09. The van der Waals surface area contributed by atoms with E-state index in [9.17, 15) is 30.4 Å². The Bertz CT molecular complexity index is 2590. The first-order valence-corrected chi connectivity index (χ1v) is 25.8. The number of nitriles is 1. The Kier molecular flexibility index (Phi) is 16.7. The monoisotopic (exact) mass is 954 g/mol. The Labute approximate surface area is 388 Å². The molecule has 4 N–H and O–H groups in total. The van der Waals surface area contributed by atoms with Crippen LogP contribution in [0.25, 0.3) is 0 Å². The molecule has 16 nitrogen and oxygen atoms in total. The summed E-state index contributed by atoms with van der Waals surface area (Å²) in [6.07, 6.45) is 14.6. The summed E-state index contributed by atoms with van der Waals surface area (Å²) in [7, 11) is -4.47. The second-order valence-corrected chi connectivity index (χ2v) is 21.2. The zero-order valence-electron chi connectivity index (χ0n) is 38.9. The van der Waals surface area contributed by atoms with Gasteiger partial charge in [-0.3, -0.25) is 19.2 Å². The molecule has 2 aromatic heterocycles. The van der Waals surface area contributed by atoms with Gasteiger partial charge in [0.2, 0.25) is 0 Å². The van der Waals surface area contributed by atoms with Gasteiger partial charge in [0.15, 0.2) is 10.1 Å². The number of anilines is 1. The Balaban J connectivity index is 0.000000182. The van der Waals surface area contributed by atoms with E-state index >= 15 is 0 Å². The number of fused-ring (bicyclic) bond motifs is 4. The van der Waals surface area contributed by atoms with E-state index in [4.69, 9.17) is 15.1 Å². The van der Waals surface area contributed by atoms with Crippen LogP contribution < -0.4 is 19.9 Å². The molecule has 360 valence electrons. The van der Waals surface area contributed by atoms with Gasteiger partial charge in [-0.05, 0) is 163 Å². The van der Waals surface area contributed by atoms with Crippen molar-refractivity contribution in [2.75, 3.05) is 45.9 Å². The second-order valence-electron chi connectivity index (χ2n) is 18.1. The number of alkyl halides is 2. The molecule has 4 aromatic rings. The molecule has 0 atom stereocenters. The molecule has 66 heavy (non-hydrogen) atoms. The fourth-order valence-corrected chi connectivity index (χ4v) is 10.8. The number of aromatic nitrogens is 4. The maximum Gasteiger partial charge on any atom is 0.333 e. The number of sulfonamides is 2. The average molecular weight is 955 g/mol. The number of hydrogen-bond acceptors (Lipinski definition) is 11. The Hall–Kier alpha value is -4.94. The van der Waals surface area contributed by atoms with Crippen LogP contribution in [0.3, 0.4) is 0 Å². The number of nitrogens with zero attached hydrogens (tertiary/aromatic N) is 7. The number of benzene rings is 2. The van der Waals surface area contributed by atoms with Crippen molar-refractivity contribution in [3.05, 3.63) is 80.2 Å². The Morgan fingerprint density at radius 2 is 1.14 bits per heavy atom. The molecule has 0 radical (unpaired) electrons. The summed E-state index contributed by atoms with van der Waals surface area (Å²) in [5.41, 5.74) is 12.3. The van der Waals surface area contributed by atoms with Gasteiger partial charge in [0.1, 0.15) is 19.1 Å². The third-order valence-corrected chi connectivity index (χ3v) is 14.4. The van der Waals surface area contributed by atoms with Gasteiger partial charge >= 0.3 is 6.03 Å². The Morgan fingerprint density at radius 1 is 0.727 bits per heavy atom. The van der Waals surface area contributed by atoms with E-state index in [1.165, 1.54) is 58.4 Å². The summed E-state index contributed by atoms with van der Waals surface area (Å²) in [6, 6.07) is 6.62. The number of carbonyl (C=O) groups excluding carboxylic acids is 1. The maximum atomic E-state index is 13.0. The zero-order chi connectivity index (χ0) is 47.9. The molecule has 2 heterocycles. The minimum atomic E-state index is -4.18. The minimum absolute atomic E-state index is 0.00859. The lowest BCUT2D eigenvalue weighted by molar-refractivity contribution is 0.256. The highest BCUT2D eigenvalue weighted by Crippen LogP contribution is 2.41. The van der Waals surface area contributed by atoms with Crippen molar-refractivity contribution in [2.45, 2.75) is 140 Å². The number of urea groups is 1. The number of nitrogens with one attached hydrogen (secondary N) is 2. The Morgan fingerprint density at radius 3 is 1.55 bits per heavy atom. The predicted octanol–water partition coefficient (Wildman–Crippen LogP) is 6.39. The first-order valence-electron chi connectivity index (χ1n) is 22.8. The van der Waals surface area contributed by atoms with Crippen LogP contribution in [0.4, 0.5) is 19.3 Å². The molecule has 0 fully saturated rings. The zero-order valence-corrected chi connectivity index (χ0v) is 40.6. The molecule has 8 rings (SSSR count). The van der Waals surface area contributed by atoms with Crippen molar-refractivity contribution < 1.29 is 35.1 Å². The third-order valence-electron chi connectivity index (χ3n) is 12.4. The molecule has 4 aliphatic rings. The van der Waals surface area contributed by atoms with E-state index in [-0.39, 0.29) is 35.2 Å².